The molecule has 3 nitrogen and oxygen atoms in total. The largest absolute Gasteiger partial charge is 0.399 e. The second-order valence-electron chi connectivity index (χ2n) is 6.03. The molecule has 0 aromatic heterocycles. The molecule has 1 aromatic rings. The Bertz CT molecular complexity index is 503. The lowest BCUT2D eigenvalue weighted by atomic mass is 9.82. The second-order valence-corrected chi connectivity index (χ2v) is 6.03. The summed E-state index contributed by atoms with van der Waals surface area (Å²) in [6.45, 7) is 3.65. The number of hydrogen-bond acceptors (Lipinski definition) is 2. The molecule has 0 radical (unpaired) electrons. The molecule has 19 heavy (non-hydrogen) atoms. The topological polar surface area (TPSA) is 46.3 Å². The molecule has 0 spiro atoms. The monoisotopic (exact) mass is 258 g/mol. The van der Waals surface area contributed by atoms with Gasteiger partial charge in [-0.2, -0.15) is 0 Å². The average molecular weight is 258 g/mol. The van der Waals surface area contributed by atoms with Gasteiger partial charge in [0.25, 0.3) is 0 Å². The van der Waals surface area contributed by atoms with Gasteiger partial charge in [-0.05, 0) is 42.5 Å². The van der Waals surface area contributed by atoms with Gasteiger partial charge in [0.2, 0.25) is 5.91 Å². The Balaban J connectivity index is 1.80. The maximum Gasteiger partial charge on any atom is 0.229 e. The summed E-state index contributed by atoms with van der Waals surface area (Å²) >= 11 is 0. The summed E-state index contributed by atoms with van der Waals surface area (Å²) in [6.07, 6.45) is 5.51. The van der Waals surface area contributed by atoms with Crippen LogP contribution in [0.2, 0.25) is 0 Å². The standard InChI is InChI=1S/C16H22N2O/c1-2-16(7-3-4-8-16)15(19)18-10-12-5-6-14(17)9-13(12)11-18/h5-6,9H,2-4,7-8,10-11,17H2,1H3. The van der Waals surface area contributed by atoms with Crippen LogP contribution in [0.1, 0.15) is 50.2 Å². The molecule has 1 aromatic carbocycles. The first-order chi connectivity index (χ1) is 9.14. The van der Waals surface area contributed by atoms with E-state index in [4.69, 9.17) is 5.73 Å². The Morgan fingerprint density at radius 2 is 1.95 bits per heavy atom. The van der Waals surface area contributed by atoms with Crippen molar-refractivity contribution >= 4 is 11.6 Å². The van der Waals surface area contributed by atoms with Gasteiger partial charge in [-0.15, -0.1) is 0 Å². The van der Waals surface area contributed by atoms with Crippen LogP contribution in [0.25, 0.3) is 0 Å². The Morgan fingerprint density at radius 3 is 2.63 bits per heavy atom. The summed E-state index contributed by atoms with van der Waals surface area (Å²) in [5.41, 5.74) is 9.01. The van der Waals surface area contributed by atoms with Crippen molar-refractivity contribution in [1.82, 2.24) is 4.90 Å². The average Bonchev–Trinajstić information content (AvgIpc) is 3.04. The van der Waals surface area contributed by atoms with Crippen LogP contribution in [0.4, 0.5) is 5.69 Å². The maximum atomic E-state index is 12.8. The Morgan fingerprint density at radius 1 is 1.26 bits per heavy atom. The zero-order chi connectivity index (χ0) is 13.5. The van der Waals surface area contributed by atoms with Crippen LogP contribution in [-0.4, -0.2) is 10.8 Å². The number of amides is 1. The van der Waals surface area contributed by atoms with Gasteiger partial charge in [0.15, 0.2) is 0 Å². The highest BCUT2D eigenvalue weighted by atomic mass is 16.2. The number of nitrogen functional groups attached to an aromatic ring is 1. The molecular formula is C16H22N2O. The number of anilines is 1. The van der Waals surface area contributed by atoms with Crippen LogP contribution in [0.15, 0.2) is 18.2 Å². The SMILES string of the molecule is CCC1(C(=O)N2Cc3ccc(N)cc3C2)CCCC1. The minimum absolute atomic E-state index is 0.0758. The van der Waals surface area contributed by atoms with E-state index in [1.807, 2.05) is 17.0 Å². The number of benzene rings is 1. The van der Waals surface area contributed by atoms with E-state index < -0.39 is 0 Å². The van der Waals surface area contributed by atoms with E-state index in [-0.39, 0.29) is 5.41 Å². The summed E-state index contributed by atoms with van der Waals surface area (Å²) in [5.74, 6) is 0.363. The van der Waals surface area contributed by atoms with E-state index in [1.54, 1.807) is 0 Å². The van der Waals surface area contributed by atoms with Crippen LogP contribution in [0.3, 0.4) is 0 Å². The molecule has 0 saturated heterocycles. The van der Waals surface area contributed by atoms with Crippen molar-refractivity contribution in [2.75, 3.05) is 5.73 Å². The zero-order valence-corrected chi connectivity index (χ0v) is 11.6. The van der Waals surface area contributed by atoms with Crippen LogP contribution in [0.5, 0.6) is 0 Å². The van der Waals surface area contributed by atoms with Crippen molar-refractivity contribution in [2.24, 2.45) is 5.41 Å². The third-order valence-electron chi connectivity index (χ3n) is 4.93. The molecule has 1 heterocycles. The van der Waals surface area contributed by atoms with E-state index in [1.165, 1.54) is 24.0 Å². The number of carbonyl (C=O) groups is 1. The van der Waals surface area contributed by atoms with E-state index in [9.17, 15) is 4.79 Å². The molecule has 1 aliphatic carbocycles. The number of carbonyl (C=O) groups excluding carboxylic acids is 1. The van der Waals surface area contributed by atoms with Gasteiger partial charge < -0.3 is 10.6 Å². The lowest BCUT2D eigenvalue weighted by Crippen LogP contribution is -2.39. The number of rotatable bonds is 2. The first-order valence-electron chi connectivity index (χ1n) is 7.31. The molecular weight excluding hydrogens is 236 g/mol. The Labute approximate surface area is 114 Å². The minimum atomic E-state index is -0.0758. The highest BCUT2D eigenvalue weighted by Crippen LogP contribution is 2.43. The molecule has 0 unspecified atom stereocenters. The van der Waals surface area contributed by atoms with Crippen LogP contribution < -0.4 is 5.73 Å². The Hall–Kier alpha value is -1.51. The molecule has 0 bridgehead atoms. The van der Waals surface area contributed by atoms with E-state index >= 15 is 0 Å². The second kappa shape index (κ2) is 4.55. The van der Waals surface area contributed by atoms with E-state index in [0.29, 0.717) is 5.91 Å². The smallest absolute Gasteiger partial charge is 0.229 e. The molecule has 3 heteroatoms. The first kappa shape index (κ1) is 12.5. The molecule has 1 amide bonds. The first-order valence-corrected chi connectivity index (χ1v) is 7.31. The van der Waals surface area contributed by atoms with Crippen LogP contribution >= 0.6 is 0 Å². The van der Waals surface area contributed by atoms with Crippen LogP contribution in [0, 0.1) is 5.41 Å². The molecule has 3 rings (SSSR count). The van der Waals surface area contributed by atoms with Crippen molar-refractivity contribution < 1.29 is 4.79 Å². The highest BCUT2D eigenvalue weighted by molar-refractivity contribution is 5.83. The summed E-state index contributed by atoms with van der Waals surface area (Å²) in [7, 11) is 0. The van der Waals surface area contributed by atoms with Crippen molar-refractivity contribution in [1.29, 1.82) is 0 Å². The molecule has 2 aliphatic rings. The lowest BCUT2D eigenvalue weighted by molar-refractivity contribution is -0.142. The third-order valence-corrected chi connectivity index (χ3v) is 4.93. The number of nitrogens with zero attached hydrogens (tertiary/aromatic N) is 1. The Kier molecular flexibility index (Phi) is 3.00. The molecule has 2 N–H and O–H groups in total. The highest BCUT2D eigenvalue weighted by Gasteiger charge is 2.42. The fraction of sp³-hybridized carbons (Fsp3) is 0.562. The summed E-state index contributed by atoms with van der Waals surface area (Å²) in [6, 6.07) is 6.00. The van der Waals surface area contributed by atoms with Gasteiger partial charge in [-0.3, -0.25) is 4.79 Å². The minimum Gasteiger partial charge on any atom is -0.399 e. The summed E-state index contributed by atoms with van der Waals surface area (Å²) in [4.78, 5) is 14.9. The number of hydrogen-bond donors (Lipinski definition) is 1. The van der Waals surface area contributed by atoms with Crippen molar-refractivity contribution in [3.8, 4) is 0 Å². The predicted octanol–water partition coefficient (Wildman–Crippen LogP) is 3.08. The number of nitrogens with two attached hydrogens (primary N) is 1. The normalized spacial score (nSPS) is 20.6. The van der Waals surface area contributed by atoms with Gasteiger partial charge in [0, 0.05) is 24.2 Å². The lowest BCUT2D eigenvalue weighted by Gasteiger charge is -2.31. The quantitative estimate of drug-likeness (QED) is 0.829. The number of fused-ring (bicyclic) bond motifs is 1. The molecule has 1 saturated carbocycles. The van der Waals surface area contributed by atoms with Crippen molar-refractivity contribution in [2.45, 2.75) is 52.1 Å². The van der Waals surface area contributed by atoms with Gasteiger partial charge >= 0.3 is 0 Å². The molecule has 102 valence electrons. The zero-order valence-electron chi connectivity index (χ0n) is 11.6. The van der Waals surface area contributed by atoms with Gasteiger partial charge in [-0.1, -0.05) is 25.8 Å². The van der Waals surface area contributed by atoms with E-state index in [0.717, 1.165) is 38.0 Å². The van der Waals surface area contributed by atoms with Crippen LogP contribution in [-0.2, 0) is 17.9 Å². The summed E-state index contributed by atoms with van der Waals surface area (Å²) in [5, 5.41) is 0. The summed E-state index contributed by atoms with van der Waals surface area (Å²) < 4.78 is 0. The van der Waals surface area contributed by atoms with Gasteiger partial charge in [0.1, 0.15) is 0 Å². The van der Waals surface area contributed by atoms with E-state index in [2.05, 4.69) is 13.0 Å². The van der Waals surface area contributed by atoms with Crippen molar-refractivity contribution in [3.05, 3.63) is 29.3 Å². The molecule has 1 fully saturated rings. The van der Waals surface area contributed by atoms with Gasteiger partial charge in [-0.25, -0.2) is 0 Å². The van der Waals surface area contributed by atoms with Gasteiger partial charge in [0.05, 0.1) is 0 Å². The fourth-order valence-corrected chi connectivity index (χ4v) is 3.66. The molecule has 1 aliphatic heterocycles. The fourth-order valence-electron chi connectivity index (χ4n) is 3.66. The predicted molar refractivity (Wildman–Crippen MR) is 76.3 cm³/mol. The molecule has 0 atom stereocenters. The third kappa shape index (κ3) is 2.01. The maximum absolute atomic E-state index is 12.8. The van der Waals surface area contributed by atoms with Crippen molar-refractivity contribution in [3.63, 3.8) is 0 Å².